The highest BCUT2D eigenvalue weighted by Gasteiger charge is 2.28. The SMILES string of the molecule is COc1ccc(NC(=O)CC[C@@H]2CCCN(C(=O)N3CCCC3)C2)c(C)c1. The number of benzene rings is 1. The maximum absolute atomic E-state index is 12.6. The minimum absolute atomic E-state index is 0.0336. The van der Waals surface area contributed by atoms with Crippen molar-refractivity contribution in [3.63, 3.8) is 0 Å². The first-order valence-electron chi connectivity index (χ1n) is 10.0. The molecule has 2 fully saturated rings. The summed E-state index contributed by atoms with van der Waals surface area (Å²) in [4.78, 5) is 28.9. The number of hydrogen-bond donors (Lipinski definition) is 1. The van der Waals surface area contributed by atoms with Gasteiger partial charge in [-0.05, 0) is 68.7 Å². The van der Waals surface area contributed by atoms with E-state index in [9.17, 15) is 9.59 Å². The van der Waals surface area contributed by atoms with Crippen molar-refractivity contribution in [3.8, 4) is 5.75 Å². The zero-order valence-corrected chi connectivity index (χ0v) is 16.5. The molecule has 3 amide bonds. The van der Waals surface area contributed by atoms with Crippen molar-refractivity contribution >= 4 is 17.6 Å². The number of nitrogens with zero attached hydrogens (tertiary/aromatic N) is 2. The number of likely N-dealkylation sites (tertiary alicyclic amines) is 2. The fraction of sp³-hybridized carbons (Fsp3) is 0.619. The number of aryl methyl sites for hydroxylation is 1. The van der Waals surface area contributed by atoms with Gasteiger partial charge in [0, 0.05) is 38.3 Å². The highest BCUT2D eigenvalue weighted by molar-refractivity contribution is 5.91. The number of nitrogens with one attached hydrogen (secondary N) is 1. The van der Waals surface area contributed by atoms with Gasteiger partial charge in [-0.1, -0.05) is 0 Å². The second-order valence-corrected chi connectivity index (χ2v) is 7.70. The molecular formula is C21H31N3O3. The molecule has 0 aromatic heterocycles. The Kier molecular flexibility index (Phi) is 6.58. The Morgan fingerprint density at radius 3 is 2.59 bits per heavy atom. The Balaban J connectivity index is 1.46. The molecule has 27 heavy (non-hydrogen) atoms. The molecule has 2 aliphatic heterocycles. The van der Waals surface area contributed by atoms with E-state index in [1.54, 1.807) is 7.11 Å². The summed E-state index contributed by atoms with van der Waals surface area (Å²) in [6.45, 7) is 5.38. The molecule has 0 bridgehead atoms. The van der Waals surface area contributed by atoms with E-state index in [0.29, 0.717) is 12.3 Å². The van der Waals surface area contributed by atoms with Crippen molar-refractivity contribution in [2.45, 2.75) is 45.4 Å². The smallest absolute Gasteiger partial charge is 0.320 e. The van der Waals surface area contributed by atoms with Crippen molar-refractivity contribution < 1.29 is 14.3 Å². The molecule has 3 rings (SSSR count). The van der Waals surface area contributed by atoms with Crippen LogP contribution in [0.3, 0.4) is 0 Å². The standard InChI is InChI=1S/C21H31N3O3/c1-16-14-18(27-2)8-9-19(16)22-20(25)10-7-17-6-5-13-24(15-17)21(26)23-11-3-4-12-23/h8-9,14,17H,3-7,10-13,15H2,1-2H3,(H,22,25)/t17-/m0/s1. The van der Waals surface area contributed by atoms with Crippen LogP contribution in [0.2, 0.25) is 0 Å². The monoisotopic (exact) mass is 373 g/mol. The van der Waals surface area contributed by atoms with Gasteiger partial charge in [0.05, 0.1) is 7.11 Å². The van der Waals surface area contributed by atoms with E-state index in [-0.39, 0.29) is 11.9 Å². The number of rotatable bonds is 5. The Labute approximate surface area is 161 Å². The molecule has 148 valence electrons. The lowest BCUT2D eigenvalue weighted by atomic mass is 9.93. The van der Waals surface area contributed by atoms with Gasteiger partial charge in [-0.3, -0.25) is 4.79 Å². The minimum atomic E-state index is 0.0336. The molecule has 6 heteroatoms. The molecule has 0 aliphatic carbocycles. The molecule has 6 nitrogen and oxygen atoms in total. The summed E-state index contributed by atoms with van der Waals surface area (Å²) < 4.78 is 5.20. The van der Waals surface area contributed by atoms with Gasteiger partial charge in [0.2, 0.25) is 5.91 Å². The van der Waals surface area contributed by atoms with Crippen LogP contribution in [0.5, 0.6) is 5.75 Å². The van der Waals surface area contributed by atoms with E-state index < -0.39 is 0 Å². The van der Waals surface area contributed by atoms with Crippen LogP contribution < -0.4 is 10.1 Å². The molecule has 2 heterocycles. The third kappa shape index (κ3) is 5.15. The van der Waals surface area contributed by atoms with E-state index >= 15 is 0 Å². The summed E-state index contributed by atoms with van der Waals surface area (Å²) in [7, 11) is 1.63. The van der Waals surface area contributed by atoms with Crippen molar-refractivity contribution in [3.05, 3.63) is 23.8 Å². The number of carbonyl (C=O) groups is 2. The van der Waals surface area contributed by atoms with Gasteiger partial charge < -0.3 is 19.9 Å². The molecule has 1 atom stereocenters. The summed E-state index contributed by atoms with van der Waals surface area (Å²) in [6.07, 6.45) is 5.68. The summed E-state index contributed by atoms with van der Waals surface area (Å²) >= 11 is 0. The molecule has 0 unspecified atom stereocenters. The maximum atomic E-state index is 12.6. The lowest BCUT2D eigenvalue weighted by molar-refractivity contribution is -0.116. The Bertz CT molecular complexity index is 671. The van der Waals surface area contributed by atoms with Gasteiger partial charge in [0.15, 0.2) is 0 Å². The average Bonchev–Trinajstić information content (AvgIpc) is 3.22. The summed E-state index contributed by atoms with van der Waals surface area (Å²) in [5, 5.41) is 3.00. The van der Waals surface area contributed by atoms with Crippen LogP contribution in [0.15, 0.2) is 18.2 Å². The number of ether oxygens (including phenoxy) is 1. The number of anilines is 1. The average molecular weight is 373 g/mol. The normalized spacial score (nSPS) is 19.9. The van der Waals surface area contributed by atoms with Crippen molar-refractivity contribution in [2.75, 3.05) is 38.6 Å². The first-order chi connectivity index (χ1) is 13.1. The molecule has 1 aromatic rings. The Morgan fingerprint density at radius 2 is 1.89 bits per heavy atom. The minimum Gasteiger partial charge on any atom is -0.497 e. The van der Waals surface area contributed by atoms with Crippen LogP contribution in [-0.2, 0) is 4.79 Å². The molecule has 2 saturated heterocycles. The molecule has 1 aromatic carbocycles. The lowest BCUT2D eigenvalue weighted by Gasteiger charge is -2.35. The van der Waals surface area contributed by atoms with Crippen LogP contribution >= 0.6 is 0 Å². The van der Waals surface area contributed by atoms with Crippen LogP contribution in [0, 0.1) is 12.8 Å². The van der Waals surface area contributed by atoms with E-state index in [1.165, 1.54) is 0 Å². The van der Waals surface area contributed by atoms with Gasteiger partial charge in [-0.25, -0.2) is 4.79 Å². The van der Waals surface area contributed by atoms with Crippen molar-refractivity contribution in [1.29, 1.82) is 0 Å². The molecule has 2 aliphatic rings. The number of urea groups is 1. The molecule has 0 radical (unpaired) electrons. The second kappa shape index (κ2) is 9.11. The number of hydrogen-bond acceptors (Lipinski definition) is 3. The van der Waals surface area contributed by atoms with Crippen LogP contribution in [0.1, 0.15) is 44.1 Å². The van der Waals surface area contributed by atoms with Gasteiger partial charge in [-0.15, -0.1) is 0 Å². The largest absolute Gasteiger partial charge is 0.497 e. The van der Waals surface area contributed by atoms with Crippen molar-refractivity contribution in [1.82, 2.24) is 9.80 Å². The third-order valence-electron chi connectivity index (χ3n) is 5.65. The van der Waals surface area contributed by atoms with Gasteiger partial charge in [0.25, 0.3) is 0 Å². The zero-order chi connectivity index (χ0) is 19.2. The summed E-state index contributed by atoms with van der Waals surface area (Å²) in [5.41, 5.74) is 1.82. The molecule has 0 spiro atoms. The topological polar surface area (TPSA) is 61.9 Å². The summed E-state index contributed by atoms with van der Waals surface area (Å²) in [6, 6.07) is 5.84. The second-order valence-electron chi connectivity index (χ2n) is 7.70. The third-order valence-corrected chi connectivity index (χ3v) is 5.65. The first-order valence-corrected chi connectivity index (χ1v) is 10.0. The van der Waals surface area contributed by atoms with E-state index in [0.717, 1.165) is 75.3 Å². The zero-order valence-electron chi connectivity index (χ0n) is 16.5. The highest BCUT2D eigenvalue weighted by atomic mass is 16.5. The lowest BCUT2D eigenvalue weighted by Crippen LogP contribution is -2.46. The van der Waals surface area contributed by atoms with Crippen LogP contribution in [0.25, 0.3) is 0 Å². The maximum Gasteiger partial charge on any atom is 0.320 e. The van der Waals surface area contributed by atoms with Crippen molar-refractivity contribution in [2.24, 2.45) is 5.92 Å². The van der Waals surface area contributed by atoms with Crippen LogP contribution in [0.4, 0.5) is 10.5 Å². The van der Waals surface area contributed by atoms with E-state index in [1.807, 2.05) is 34.9 Å². The fourth-order valence-corrected chi connectivity index (χ4v) is 4.03. The Morgan fingerprint density at radius 1 is 1.15 bits per heavy atom. The van der Waals surface area contributed by atoms with Gasteiger partial charge in [0.1, 0.15) is 5.75 Å². The Hall–Kier alpha value is -2.24. The molecule has 0 saturated carbocycles. The number of carbonyl (C=O) groups excluding carboxylic acids is 2. The highest BCUT2D eigenvalue weighted by Crippen LogP contribution is 2.24. The van der Waals surface area contributed by atoms with Gasteiger partial charge in [-0.2, -0.15) is 0 Å². The molecular weight excluding hydrogens is 342 g/mol. The molecule has 1 N–H and O–H groups in total. The van der Waals surface area contributed by atoms with Gasteiger partial charge >= 0.3 is 6.03 Å². The number of methoxy groups -OCH3 is 1. The summed E-state index contributed by atoms with van der Waals surface area (Å²) in [5.74, 6) is 1.23. The first kappa shape index (κ1) is 19.5. The number of amides is 3. The fourth-order valence-electron chi connectivity index (χ4n) is 4.03. The quantitative estimate of drug-likeness (QED) is 0.857. The van der Waals surface area contributed by atoms with E-state index in [4.69, 9.17) is 4.74 Å². The number of piperidine rings is 1. The van der Waals surface area contributed by atoms with E-state index in [2.05, 4.69) is 5.32 Å². The predicted molar refractivity (Wildman–Crippen MR) is 106 cm³/mol. The van der Waals surface area contributed by atoms with Crippen LogP contribution in [-0.4, -0.2) is 55.0 Å². The predicted octanol–water partition coefficient (Wildman–Crippen LogP) is 3.65.